The summed E-state index contributed by atoms with van der Waals surface area (Å²) < 4.78 is 5.06. The summed E-state index contributed by atoms with van der Waals surface area (Å²) in [6.07, 6.45) is 5.22. The number of hydrogen-bond acceptors (Lipinski definition) is 3. The predicted molar refractivity (Wildman–Crippen MR) is 70.7 cm³/mol. The maximum Gasteiger partial charge on any atom is 0.313 e. The largest absolute Gasteiger partial charge is 0.469 e. The molecule has 4 bridgehead atoms. The van der Waals surface area contributed by atoms with Crippen LogP contribution in [-0.2, 0) is 14.3 Å². The van der Waals surface area contributed by atoms with Crippen molar-refractivity contribution in [3.63, 3.8) is 0 Å². The van der Waals surface area contributed by atoms with Gasteiger partial charge in [0.2, 0.25) is 5.91 Å². The molecule has 0 radical (unpaired) electrons. The summed E-state index contributed by atoms with van der Waals surface area (Å²) in [4.78, 5) is 24.0. The molecule has 0 spiro atoms. The van der Waals surface area contributed by atoms with Crippen LogP contribution < -0.4 is 5.32 Å². The average molecular weight is 286 g/mol. The normalized spacial score (nSPS) is 43.1. The van der Waals surface area contributed by atoms with Crippen molar-refractivity contribution in [1.29, 1.82) is 0 Å². The second-order valence-corrected chi connectivity index (χ2v) is 6.70. The summed E-state index contributed by atoms with van der Waals surface area (Å²) in [5.41, 5.74) is -0.495. The lowest BCUT2D eigenvalue weighted by molar-refractivity contribution is -0.174. The first-order valence-corrected chi connectivity index (χ1v) is 7.56. The van der Waals surface area contributed by atoms with E-state index in [0.29, 0.717) is 17.8 Å². The Balaban J connectivity index is 1.91. The molecule has 1 N–H and O–H groups in total. The molecule has 4 nitrogen and oxygen atoms in total. The van der Waals surface area contributed by atoms with Crippen molar-refractivity contribution in [1.82, 2.24) is 5.32 Å². The van der Waals surface area contributed by atoms with Gasteiger partial charge in [-0.25, -0.2) is 0 Å². The Morgan fingerprint density at radius 3 is 2.42 bits per heavy atom. The fourth-order valence-electron chi connectivity index (χ4n) is 5.01. The first-order valence-electron chi connectivity index (χ1n) is 7.03. The second-order valence-electron chi connectivity index (χ2n) is 6.43. The van der Waals surface area contributed by atoms with Gasteiger partial charge in [0.25, 0.3) is 0 Å². The molecule has 2 unspecified atom stereocenters. The molecule has 5 heteroatoms. The highest BCUT2D eigenvalue weighted by Gasteiger charge is 2.61. The number of rotatable bonds is 3. The third kappa shape index (κ3) is 1.95. The summed E-state index contributed by atoms with van der Waals surface area (Å²) >= 11 is 5.60. The van der Waals surface area contributed by atoms with E-state index < -0.39 is 5.41 Å². The zero-order chi connectivity index (χ0) is 13.6. The Hall–Kier alpha value is -0.770. The van der Waals surface area contributed by atoms with Gasteiger partial charge in [0.15, 0.2) is 0 Å². The lowest BCUT2D eigenvalue weighted by Crippen LogP contribution is -2.65. The van der Waals surface area contributed by atoms with Crippen molar-refractivity contribution in [2.45, 2.75) is 38.1 Å². The van der Waals surface area contributed by atoms with Crippen LogP contribution in [0.1, 0.15) is 32.1 Å². The van der Waals surface area contributed by atoms with E-state index in [1.807, 2.05) is 0 Å². The molecule has 3 atom stereocenters. The van der Waals surface area contributed by atoms with Crippen molar-refractivity contribution >= 4 is 23.5 Å². The average Bonchev–Trinajstić information content (AvgIpc) is 2.40. The second kappa shape index (κ2) is 4.65. The Morgan fingerprint density at radius 2 is 1.89 bits per heavy atom. The van der Waals surface area contributed by atoms with Gasteiger partial charge in [0.1, 0.15) is 5.88 Å². The van der Waals surface area contributed by atoms with Crippen LogP contribution in [-0.4, -0.2) is 30.9 Å². The van der Waals surface area contributed by atoms with E-state index in [0.717, 1.165) is 25.7 Å². The van der Waals surface area contributed by atoms with Crippen molar-refractivity contribution in [3.8, 4) is 0 Å². The van der Waals surface area contributed by atoms with Crippen molar-refractivity contribution in [2.24, 2.45) is 23.2 Å². The SMILES string of the molecule is COC(=O)C12CC3CC(CC(C3)[C@@H]1NC(=O)CCl)C2. The highest BCUT2D eigenvalue weighted by Crippen LogP contribution is 2.60. The minimum Gasteiger partial charge on any atom is -0.469 e. The van der Waals surface area contributed by atoms with Crippen LogP contribution in [0.25, 0.3) is 0 Å². The van der Waals surface area contributed by atoms with Crippen molar-refractivity contribution in [2.75, 3.05) is 13.0 Å². The molecule has 1 amide bonds. The van der Waals surface area contributed by atoms with Crippen LogP contribution in [0.5, 0.6) is 0 Å². The van der Waals surface area contributed by atoms with Gasteiger partial charge < -0.3 is 10.1 Å². The number of esters is 1. The fraction of sp³-hybridized carbons (Fsp3) is 0.857. The highest BCUT2D eigenvalue weighted by molar-refractivity contribution is 6.27. The summed E-state index contributed by atoms with van der Waals surface area (Å²) in [5, 5.41) is 3.00. The number of amides is 1. The lowest BCUT2D eigenvalue weighted by atomic mass is 9.47. The molecule has 0 aliphatic heterocycles. The number of carbonyl (C=O) groups excluding carboxylic acids is 2. The van der Waals surface area contributed by atoms with Gasteiger partial charge in [-0.05, 0) is 49.9 Å². The van der Waals surface area contributed by atoms with Gasteiger partial charge in [-0.2, -0.15) is 0 Å². The molecule has 4 rings (SSSR count). The first kappa shape index (κ1) is 13.2. The minimum absolute atomic E-state index is 0.0483. The summed E-state index contributed by atoms with van der Waals surface area (Å²) in [5.74, 6) is 1.29. The molecule has 0 heterocycles. The molecule has 0 aromatic carbocycles. The quantitative estimate of drug-likeness (QED) is 0.634. The van der Waals surface area contributed by atoms with Gasteiger partial charge in [0, 0.05) is 6.04 Å². The van der Waals surface area contributed by atoms with Crippen LogP contribution in [0, 0.1) is 23.2 Å². The number of ether oxygens (including phenoxy) is 1. The van der Waals surface area contributed by atoms with E-state index in [9.17, 15) is 9.59 Å². The van der Waals surface area contributed by atoms with Gasteiger partial charge in [0.05, 0.1) is 12.5 Å². The summed E-state index contributed by atoms with van der Waals surface area (Å²) in [7, 11) is 1.45. The molecule has 4 fully saturated rings. The standard InChI is InChI=1S/C14H20ClNO3/c1-19-13(18)14-5-8-2-9(6-14)4-10(3-8)12(14)16-11(17)7-15/h8-10,12H,2-7H2,1H3,(H,16,17)/t8?,9?,10?,12-,14?/m0/s1. The monoisotopic (exact) mass is 285 g/mol. The predicted octanol–water partition coefficient (Wildman–Crippen LogP) is 1.71. The smallest absolute Gasteiger partial charge is 0.313 e. The van der Waals surface area contributed by atoms with Crippen LogP contribution in [0.4, 0.5) is 0 Å². The highest BCUT2D eigenvalue weighted by atomic mass is 35.5. The lowest BCUT2D eigenvalue weighted by Gasteiger charge is -2.59. The van der Waals surface area contributed by atoms with Crippen LogP contribution in [0.3, 0.4) is 0 Å². The number of nitrogens with one attached hydrogen (secondary N) is 1. The summed E-state index contributed by atoms with van der Waals surface area (Å²) in [6.45, 7) is 0. The van der Waals surface area contributed by atoms with Crippen LogP contribution in [0.15, 0.2) is 0 Å². The van der Waals surface area contributed by atoms with Crippen LogP contribution >= 0.6 is 11.6 Å². The first-order chi connectivity index (χ1) is 9.09. The van der Waals surface area contributed by atoms with E-state index in [-0.39, 0.29) is 23.8 Å². The zero-order valence-electron chi connectivity index (χ0n) is 11.2. The van der Waals surface area contributed by atoms with Gasteiger partial charge in [-0.3, -0.25) is 9.59 Å². The third-order valence-corrected chi connectivity index (χ3v) is 5.58. The van der Waals surface area contributed by atoms with Crippen LogP contribution in [0.2, 0.25) is 0 Å². The number of hydrogen-bond donors (Lipinski definition) is 1. The number of carbonyl (C=O) groups is 2. The Morgan fingerprint density at radius 1 is 1.26 bits per heavy atom. The molecule has 4 aliphatic carbocycles. The molecule has 0 aromatic rings. The molecular weight excluding hydrogens is 266 g/mol. The Labute approximate surface area is 118 Å². The Kier molecular flexibility index (Phi) is 3.24. The molecule has 0 aromatic heterocycles. The van der Waals surface area contributed by atoms with Gasteiger partial charge in [-0.15, -0.1) is 11.6 Å². The maximum absolute atomic E-state index is 12.3. The van der Waals surface area contributed by atoms with E-state index in [1.54, 1.807) is 0 Å². The summed E-state index contributed by atoms with van der Waals surface area (Å²) in [6, 6.07) is -0.0843. The zero-order valence-corrected chi connectivity index (χ0v) is 11.9. The van der Waals surface area contributed by atoms with Gasteiger partial charge in [-0.1, -0.05) is 0 Å². The molecule has 4 saturated carbocycles. The number of halogens is 1. The molecule has 19 heavy (non-hydrogen) atoms. The molecule has 106 valence electrons. The molecular formula is C14H20ClNO3. The van der Waals surface area contributed by atoms with Crippen molar-refractivity contribution < 1.29 is 14.3 Å². The third-order valence-electron chi connectivity index (χ3n) is 5.34. The molecule has 0 saturated heterocycles. The molecule has 4 aliphatic rings. The van der Waals surface area contributed by atoms with E-state index >= 15 is 0 Å². The minimum atomic E-state index is -0.495. The van der Waals surface area contributed by atoms with E-state index in [4.69, 9.17) is 16.3 Å². The van der Waals surface area contributed by atoms with E-state index in [1.165, 1.54) is 13.5 Å². The topological polar surface area (TPSA) is 55.4 Å². The maximum atomic E-state index is 12.3. The fourth-order valence-corrected chi connectivity index (χ4v) is 5.08. The van der Waals surface area contributed by atoms with E-state index in [2.05, 4.69) is 5.32 Å². The number of methoxy groups -OCH3 is 1. The number of alkyl halides is 1. The Bertz CT molecular complexity index is 397. The van der Waals surface area contributed by atoms with Gasteiger partial charge >= 0.3 is 5.97 Å². The van der Waals surface area contributed by atoms with Crippen molar-refractivity contribution in [3.05, 3.63) is 0 Å².